The van der Waals surface area contributed by atoms with Crippen molar-refractivity contribution in [2.45, 2.75) is 13.5 Å². The molecule has 0 aliphatic heterocycles. The van der Waals surface area contributed by atoms with Crippen LogP contribution in [0.5, 0.6) is 0 Å². The van der Waals surface area contributed by atoms with Crippen molar-refractivity contribution >= 4 is 5.82 Å². The average molecular weight is 213 g/mol. The second-order valence-electron chi connectivity index (χ2n) is 3.86. The molecule has 3 nitrogen and oxygen atoms in total. The molecular weight excluding hydrogens is 198 g/mol. The van der Waals surface area contributed by atoms with Crippen LogP contribution in [0, 0.1) is 6.92 Å². The van der Waals surface area contributed by atoms with Crippen LogP contribution in [-0.4, -0.2) is 17.0 Å². The minimum absolute atomic E-state index is 0.846. The minimum Gasteiger partial charge on any atom is -0.354 e. The molecule has 0 N–H and O–H groups in total. The highest BCUT2D eigenvalue weighted by Gasteiger charge is 2.03. The standard InChI is InChI=1S/C13H15N3/c1-11-8-14-9-13(15-11)16(2)10-12-6-4-3-5-7-12/h3-9H,10H2,1-2H3. The van der Waals surface area contributed by atoms with Crippen molar-refractivity contribution in [3.63, 3.8) is 0 Å². The van der Waals surface area contributed by atoms with Crippen LogP contribution in [0.25, 0.3) is 0 Å². The molecule has 0 amide bonds. The summed E-state index contributed by atoms with van der Waals surface area (Å²) in [5.41, 5.74) is 2.21. The second-order valence-corrected chi connectivity index (χ2v) is 3.86. The van der Waals surface area contributed by atoms with Gasteiger partial charge in [0.2, 0.25) is 0 Å². The normalized spacial score (nSPS) is 10.1. The molecule has 16 heavy (non-hydrogen) atoms. The van der Waals surface area contributed by atoms with Gasteiger partial charge in [-0.15, -0.1) is 0 Å². The lowest BCUT2D eigenvalue weighted by atomic mass is 10.2. The van der Waals surface area contributed by atoms with E-state index in [-0.39, 0.29) is 0 Å². The largest absolute Gasteiger partial charge is 0.354 e. The summed E-state index contributed by atoms with van der Waals surface area (Å²) in [4.78, 5) is 10.7. The lowest BCUT2D eigenvalue weighted by Crippen LogP contribution is -2.18. The summed E-state index contributed by atoms with van der Waals surface area (Å²) in [6.07, 6.45) is 3.55. The van der Waals surface area contributed by atoms with E-state index < -0.39 is 0 Å². The fraction of sp³-hybridized carbons (Fsp3) is 0.231. The first-order valence-electron chi connectivity index (χ1n) is 5.29. The van der Waals surface area contributed by atoms with Gasteiger partial charge in [0.15, 0.2) is 0 Å². The highest BCUT2D eigenvalue weighted by atomic mass is 15.2. The molecule has 2 aromatic rings. The van der Waals surface area contributed by atoms with Crippen LogP contribution in [-0.2, 0) is 6.54 Å². The zero-order valence-electron chi connectivity index (χ0n) is 9.59. The zero-order chi connectivity index (χ0) is 11.4. The maximum absolute atomic E-state index is 4.43. The van der Waals surface area contributed by atoms with E-state index in [1.54, 1.807) is 12.4 Å². The van der Waals surface area contributed by atoms with Crippen LogP contribution in [0.2, 0.25) is 0 Å². The Balaban J connectivity index is 2.12. The molecule has 0 aliphatic carbocycles. The summed E-state index contributed by atoms with van der Waals surface area (Å²) in [6, 6.07) is 10.3. The number of anilines is 1. The Morgan fingerprint density at radius 2 is 1.88 bits per heavy atom. The smallest absolute Gasteiger partial charge is 0.147 e. The van der Waals surface area contributed by atoms with E-state index in [9.17, 15) is 0 Å². The lowest BCUT2D eigenvalue weighted by molar-refractivity contribution is 0.882. The van der Waals surface area contributed by atoms with Gasteiger partial charge in [0.25, 0.3) is 0 Å². The third-order valence-electron chi connectivity index (χ3n) is 2.40. The van der Waals surface area contributed by atoms with Crippen LogP contribution < -0.4 is 4.90 Å². The lowest BCUT2D eigenvalue weighted by Gasteiger charge is -2.17. The Kier molecular flexibility index (Phi) is 3.15. The molecule has 0 bridgehead atoms. The molecule has 0 aliphatic rings. The molecule has 0 spiro atoms. The van der Waals surface area contributed by atoms with Crippen molar-refractivity contribution in [2.24, 2.45) is 0 Å². The molecule has 0 radical (unpaired) electrons. The highest BCUT2D eigenvalue weighted by Crippen LogP contribution is 2.11. The highest BCUT2D eigenvalue weighted by molar-refractivity contribution is 5.36. The molecule has 82 valence electrons. The maximum Gasteiger partial charge on any atom is 0.147 e. The molecule has 1 heterocycles. The first-order valence-corrected chi connectivity index (χ1v) is 5.29. The first-order chi connectivity index (χ1) is 7.75. The van der Waals surface area contributed by atoms with Crippen LogP contribution in [0.3, 0.4) is 0 Å². The predicted octanol–water partition coefficient (Wildman–Crippen LogP) is 2.42. The molecule has 1 aromatic carbocycles. The summed E-state index contributed by atoms with van der Waals surface area (Å²) < 4.78 is 0. The zero-order valence-corrected chi connectivity index (χ0v) is 9.59. The van der Waals surface area contributed by atoms with Crippen molar-refractivity contribution in [2.75, 3.05) is 11.9 Å². The molecule has 0 saturated carbocycles. The number of rotatable bonds is 3. The van der Waals surface area contributed by atoms with Crippen molar-refractivity contribution in [3.8, 4) is 0 Å². The quantitative estimate of drug-likeness (QED) is 0.784. The SMILES string of the molecule is Cc1cncc(N(C)Cc2ccccc2)n1. The van der Waals surface area contributed by atoms with Gasteiger partial charge in [-0.2, -0.15) is 0 Å². The molecule has 0 atom stereocenters. The molecule has 0 unspecified atom stereocenters. The van der Waals surface area contributed by atoms with Gasteiger partial charge in [0.1, 0.15) is 5.82 Å². The minimum atomic E-state index is 0.846. The third kappa shape index (κ3) is 2.57. The maximum atomic E-state index is 4.43. The molecule has 1 aromatic heterocycles. The van der Waals surface area contributed by atoms with Crippen LogP contribution in [0.1, 0.15) is 11.3 Å². The van der Waals surface area contributed by atoms with E-state index in [1.165, 1.54) is 5.56 Å². The van der Waals surface area contributed by atoms with Gasteiger partial charge in [-0.3, -0.25) is 4.98 Å². The van der Waals surface area contributed by atoms with Gasteiger partial charge in [-0.25, -0.2) is 4.98 Å². The Bertz CT molecular complexity index is 454. The summed E-state index contributed by atoms with van der Waals surface area (Å²) in [5.74, 6) is 0.906. The van der Waals surface area contributed by atoms with Crippen LogP contribution in [0.15, 0.2) is 42.7 Å². The number of benzene rings is 1. The first kappa shape index (κ1) is 10.6. The van der Waals surface area contributed by atoms with Gasteiger partial charge in [0.05, 0.1) is 11.9 Å². The van der Waals surface area contributed by atoms with Gasteiger partial charge in [0, 0.05) is 19.8 Å². The van der Waals surface area contributed by atoms with E-state index in [0.29, 0.717) is 0 Å². The predicted molar refractivity (Wildman–Crippen MR) is 65.3 cm³/mol. The topological polar surface area (TPSA) is 29.0 Å². The monoisotopic (exact) mass is 213 g/mol. The average Bonchev–Trinajstić information content (AvgIpc) is 2.30. The summed E-state index contributed by atoms with van der Waals surface area (Å²) in [6.45, 7) is 2.80. The number of aryl methyl sites for hydroxylation is 1. The summed E-state index contributed by atoms with van der Waals surface area (Å²) >= 11 is 0. The van der Waals surface area contributed by atoms with E-state index in [0.717, 1.165) is 18.1 Å². The molecule has 0 saturated heterocycles. The van der Waals surface area contributed by atoms with Gasteiger partial charge < -0.3 is 4.90 Å². The Morgan fingerprint density at radius 1 is 1.12 bits per heavy atom. The third-order valence-corrected chi connectivity index (χ3v) is 2.40. The van der Waals surface area contributed by atoms with Gasteiger partial charge in [-0.1, -0.05) is 30.3 Å². The number of aromatic nitrogens is 2. The molecule has 2 rings (SSSR count). The van der Waals surface area contributed by atoms with E-state index >= 15 is 0 Å². The Morgan fingerprint density at radius 3 is 2.56 bits per heavy atom. The number of hydrogen-bond donors (Lipinski definition) is 0. The van der Waals surface area contributed by atoms with Crippen molar-refractivity contribution in [3.05, 3.63) is 54.0 Å². The molecule has 0 fully saturated rings. The van der Waals surface area contributed by atoms with E-state index in [1.807, 2.05) is 32.2 Å². The summed E-state index contributed by atoms with van der Waals surface area (Å²) in [7, 11) is 2.02. The molecular formula is C13H15N3. The van der Waals surface area contributed by atoms with Crippen molar-refractivity contribution in [1.82, 2.24) is 9.97 Å². The fourth-order valence-corrected chi connectivity index (χ4v) is 1.57. The van der Waals surface area contributed by atoms with E-state index in [4.69, 9.17) is 0 Å². The Hall–Kier alpha value is -1.90. The second kappa shape index (κ2) is 4.75. The number of nitrogens with zero attached hydrogens (tertiary/aromatic N) is 3. The van der Waals surface area contributed by atoms with Crippen LogP contribution >= 0.6 is 0 Å². The van der Waals surface area contributed by atoms with Gasteiger partial charge >= 0.3 is 0 Å². The van der Waals surface area contributed by atoms with Crippen molar-refractivity contribution < 1.29 is 0 Å². The van der Waals surface area contributed by atoms with Crippen molar-refractivity contribution in [1.29, 1.82) is 0 Å². The Labute approximate surface area is 95.8 Å². The fourth-order valence-electron chi connectivity index (χ4n) is 1.57. The number of hydrogen-bond acceptors (Lipinski definition) is 3. The van der Waals surface area contributed by atoms with Crippen LogP contribution in [0.4, 0.5) is 5.82 Å². The van der Waals surface area contributed by atoms with Gasteiger partial charge in [-0.05, 0) is 12.5 Å². The molecule has 3 heteroatoms. The van der Waals surface area contributed by atoms with E-state index in [2.05, 4.69) is 27.0 Å². The summed E-state index contributed by atoms with van der Waals surface area (Å²) in [5, 5.41) is 0.